The minimum Gasteiger partial charge on any atom is -0.444 e. The smallest absolute Gasteiger partial charge is 0.408 e. The number of piperazine rings is 1. The first-order chi connectivity index (χ1) is 14.1. The summed E-state index contributed by atoms with van der Waals surface area (Å²) in [7, 11) is 0. The highest BCUT2D eigenvalue weighted by Crippen LogP contribution is 2.37. The molecule has 1 aliphatic heterocycles. The molecule has 0 spiro atoms. The van der Waals surface area contributed by atoms with Crippen molar-refractivity contribution in [2.75, 3.05) is 13.1 Å². The number of hydrogen-bond donors (Lipinski definition) is 2. The van der Waals surface area contributed by atoms with Gasteiger partial charge in [0.2, 0.25) is 0 Å². The monoisotopic (exact) mass is 435 g/mol. The molecule has 8 heteroatoms. The Morgan fingerprint density at radius 1 is 1.23 bits per heavy atom. The zero-order chi connectivity index (χ0) is 21.9. The molecule has 1 saturated heterocycles. The molecule has 0 bridgehead atoms. The number of ether oxygens (including phenoxy) is 1. The number of rotatable bonds is 4. The molecule has 3 rings (SSSR count). The first-order valence-electron chi connectivity index (χ1n) is 10.5. The summed E-state index contributed by atoms with van der Waals surface area (Å²) in [6.07, 6.45) is 2.76. The summed E-state index contributed by atoms with van der Waals surface area (Å²) in [5.41, 5.74) is 0.348. The predicted molar refractivity (Wildman–Crippen MR) is 114 cm³/mol. The Labute approximate surface area is 182 Å². The van der Waals surface area contributed by atoms with E-state index in [2.05, 4.69) is 10.6 Å². The Balaban J connectivity index is 1.71. The zero-order valence-electron chi connectivity index (χ0n) is 17.7. The minimum atomic E-state index is -0.587. The number of carbonyl (C=O) groups excluding carboxylic acids is 3. The van der Waals surface area contributed by atoms with Gasteiger partial charge in [0.05, 0.1) is 6.04 Å². The van der Waals surface area contributed by atoms with E-state index in [1.807, 2.05) is 39.0 Å². The second kappa shape index (κ2) is 9.25. The van der Waals surface area contributed by atoms with Crippen LogP contribution in [0, 0.1) is 5.92 Å². The minimum absolute atomic E-state index is 0.0568. The predicted octanol–water partition coefficient (Wildman–Crippen LogP) is 3.42. The van der Waals surface area contributed by atoms with Crippen LogP contribution in [0.1, 0.15) is 58.1 Å². The van der Waals surface area contributed by atoms with Crippen molar-refractivity contribution < 1.29 is 19.1 Å². The summed E-state index contributed by atoms with van der Waals surface area (Å²) in [6.45, 7) is 6.54. The Bertz CT molecular complexity index is 800. The molecule has 7 nitrogen and oxygen atoms in total. The molecule has 3 amide bonds. The van der Waals surface area contributed by atoms with Gasteiger partial charge in [-0.25, -0.2) is 4.79 Å². The Morgan fingerprint density at radius 2 is 1.93 bits per heavy atom. The van der Waals surface area contributed by atoms with Crippen molar-refractivity contribution in [3.8, 4) is 0 Å². The number of nitrogens with one attached hydrogen (secondary N) is 2. The molecular weight excluding hydrogens is 406 g/mol. The van der Waals surface area contributed by atoms with Crippen LogP contribution in [0.15, 0.2) is 24.3 Å². The summed E-state index contributed by atoms with van der Waals surface area (Å²) < 4.78 is 5.47. The third-order valence-corrected chi connectivity index (χ3v) is 5.86. The fraction of sp³-hybridized carbons (Fsp3) is 0.591. The number of hydrogen-bond acceptors (Lipinski definition) is 4. The molecule has 0 aromatic heterocycles. The van der Waals surface area contributed by atoms with Crippen LogP contribution < -0.4 is 10.6 Å². The fourth-order valence-electron chi connectivity index (χ4n) is 4.30. The second-order valence-electron chi connectivity index (χ2n) is 9.00. The van der Waals surface area contributed by atoms with Crippen LogP contribution in [0.3, 0.4) is 0 Å². The third-order valence-electron chi connectivity index (χ3n) is 5.63. The maximum atomic E-state index is 12.5. The van der Waals surface area contributed by atoms with Gasteiger partial charge in [-0.15, -0.1) is 0 Å². The molecule has 1 aromatic carbocycles. The van der Waals surface area contributed by atoms with Gasteiger partial charge in [0.1, 0.15) is 5.60 Å². The van der Waals surface area contributed by atoms with E-state index in [1.165, 1.54) is 0 Å². The first-order valence-corrected chi connectivity index (χ1v) is 10.9. The van der Waals surface area contributed by atoms with Crippen LogP contribution in [-0.2, 0) is 14.3 Å². The van der Waals surface area contributed by atoms with E-state index in [9.17, 15) is 14.4 Å². The lowest BCUT2D eigenvalue weighted by Crippen LogP contribution is -2.56. The Hall–Kier alpha value is -2.28. The highest BCUT2D eigenvalue weighted by Gasteiger charge is 2.37. The van der Waals surface area contributed by atoms with Crippen molar-refractivity contribution in [2.45, 2.75) is 64.1 Å². The Kier molecular flexibility index (Phi) is 6.91. The van der Waals surface area contributed by atoms with Gasteiger partial charge in [0.25, 0.3) is 0 Å². The molecule has 164 valence electrons. The van der Waals surface area contributed by atoms with E-state index >= 15 is 0 Å². The average Bonchev–Trinajstić information content (AvgIpc) is 2.67. The average molecular weight is 436 g/mol. The third kappa shape index (κ3) is 5.65. The van der Waals surface area contributed by atoms with Crippen molar-refractivity contribution in [3.63, 3.8) is 0 Å². The molecule has 1 heterocycles. The molecule has 1 aromatic rings. The maximum Gasteiger partial charge on any atom is 0.408 e. The van der Waals surface area contributed by atoms with E-state index < -0.39 is 23.5 Å². The topological polar surface area (TPSA) is 87.7 Å². The van der Waals surface area contributed by atoms with E-state index in [4.69, 9.17) is 16.3 Å². The van der Waals surface area contributed by atoms with Gasteiger partial charge in [0, 0.05) is 24.2 Å². The van der Waals surface area contributed by atoms with Gasteiger partial charge in [-0.2, -0.15) is 0 Å². The summed E-state index contributed by atoms with van der Waals surface area (Å²) in [5, 5.41) is 6.24. The molecular formula is C22H30ClN3O4. The van der Waals surface area contributed by atoms with Gasteiger partial charge in [0.15, 0.2) is 0 Å². The van der Waals surface area contributed by atoms with E-state index in [0.29, 0.717) is 18.1 Å². The maximum absolute atomic E-state index is 12.5. The molecule has 1 saturated carbocycles. The lowest BCUT2D eigenvalue weighted by atomic mass is 9.78. The lowest BCUT2D eigenvalue weighted by molar-refractivity contribution is -0.150. The van der Waals surface area contributed by atoms with Crippen LogP contribution in [0.5, 0.6) is 0 Å². The SMILES string of the molecule is CC(C)(C)OC(=O)NC(c1cccc(Cl)c1)C1CCC(N2CCNC(=O)C2=O)CC1. The van der Waals surface area contributed by atoms with Crippen LogP contribution in [0.25, 0.3) is 0 Å². The molecule has 2 fully saturated rings. The number of amides is 3. The molecule has 1 aliphatic carbocycles. The molecule has 2 aliphatic rings. The number of carbonyl (C=O) groups is 3. The van der Waals surface area contributed by atoms with Gasteiger partial charge in [-0.3, -0.25) is 9.59 Å². The van der Waals surface area contributed by atoms with Crippen LogP contribution in [0.2, 0.25) is 5.02 Å². The van der Waals surface area contributed by atoms with E-state index in [1.54, 1.807) is 11.0 Å². The summed E-state index contributed by atoms with van der Waals surface area (Å²) in [6, 6.07) is 7.32. The number of benzene rings is 1. The Morgan fingerprint density at radius 3 is 2.57 bits per heavy atom. The highest BCUT2D eigenvalue weighted by molar-refractivity contribution is 6.35. The van der Waals surface area contributed by atoms with Crippen LogP contribution in [0.4, 0.5) is 4.79 Å². The van der Waals surface area contributed by atoms with Crippen molar-refractivity contribution in [2.24, 2.45) is 5.92 Å². The lowest BCUT2D eigenvalue weighted by Gasteiger charge is -2.40. The largest absolute Gasteiger partial charge is 0.444 e. The van der Waals surface area contributed by atoms with Crippen LogP contribution in [-0.4, -0.2) is 47.5 Å². The van der Waals surface area contributed by atoms with Gasteiger partial charge < -0.3 is 20.3 Å². The highest BCUT2D eigenvalue weighted by atomic mass is 35.5. The summed E-state index contributed by atoms with van der Waals surface area (Å²) in [4.78, 5) is 38.1. The number of halogens is 1. The van der Waals surface area contributed by atoms with Crippen molar-refractivity contribution in [1.82, 2.24) is 15.5 Å². The second-order valence-corrected chi connectivity index (χ2v) is 9.44. The van der Waals surface area contributed by atoms with Gasteiger partial charge >= 0.3 is 17.9 Å². The number of nitrogens with zero attached hydrogens (tertiary/aromatic N) is 1. The zero-order valence-corrected chi connectivity index (χ0v) is 18.5. The summed E-state index contributed by atoms with van der Waals surface area (Å²) in [5.74, 6) is -0.782. The normalized spacial score (nSPS) is 23.5. The molecule has 0 radical (unpaired) electrons. The molecule has 2 N–H and O–H groups in total. The molecule has 30 heavy (non-hydrogen) atoms. The number of alkyl carbamates (subject to hydrolysis) is 1. The van der Waals surface area contributed by atoms with Crippen molar-refractivity contribution in [1.29, 1.82) is 0 Å². The van der Waals surface area contributed by atoms with Gasteiger partial charge in [-0.05, 0) is 70.1 Å². The molecule has 1 atom stereocenters. The van der Waals surface area contributed by atoms with Gasteiger partial charge in [-0.1, -0.05) is 23.7 Å². The summed E-state index contributed by atoms with van der Waals surface area (Å²) >= 11 is 6.20. The first kappa shape index (κ1) is 22.4. The van der Waals surface area contributed by atoms with Crippen molar-refractivity contribution in [3.05, 3.63) is 34.9 Å². The van der Waals surface area contributed by atoms with Crippen molar-refractivity contribution >= 4 is 29.5 Å². The van der Waals surface area contributed by atoms with E-state index in [0.717, 1.165) is 31.2 Å². The fourth-order valence-corrected chi connectivity index (χ4v) is 4.50. The quantitative estimate of drug-likeness (QED) is 0.709. The van der Waals surface area contributed by atoms with Crippen LogP contribution >= 0.6 is 11.6 Å². The van der Waals surface area contributed by atoms with E-state index in [-0.39, 0.29) is 18.0 Å². The standard InChI is InChI=1S/C22H30ClN3O4/c1-22(2,3)30-21(29)25-18(15-5-4-6-16(23)13-15)14-7-9-17(10-8-14)26-12-11-24-19(27)20(26)28/h4-6,13-14,17-18H,7-12H2,1-3H3,(H,24,27)(H,25,29). The molecule has 1 unspecified atom stereocenters.